The summed E-state index contributed by atoms with van der Waals surface area (Å²) >= 11 is 0. The Balaban J connectivity index is 1.87. The topological polar surface area (TPSA) is 41.1 Å². The van der Waals surface area contributed by atoms with E-state index in [1.54, 1.807) is 0 Å². The Morgan fingerprint density at radius 3 is 2.40 bits per heavy atom. The van der Waals surface area contributed by atoms with Gasteiger partial charge in [0.2, 0.25) is 0 Å². The quantitative estimate of drug-likeness (QED) is 0.755. The molecule has 0 radical (unpaired) electrons. The zero-order valence-electron chi connectivity index (χ0n) is 8.18. The van der Waals surface area contributed by atoms with Crippen molar-refractivity contribution in [2.75, 3.05) is 5.32 Å². The highest BCUT2D eigenvalue weighted by atomic mass is 16.2. The molecule has 0 spiro atoms. The van der Waals surface area contributed by atoms with Gasteiger partial charge in [-0.2, -0.15) is 0 Å². The molecule has 0 fully saturated rings. The number of urea groups is 1. The predicted molar refractivity (Wildman–Crippen MR) is 60.7 cm³/mol. The average Bonchev–Trinajstić information content (AvgIpc) is 2.71. The normalized spacial score (nSPS) is 14.1. The van der Waals surface area contributed by atoms with E-state index < -0.39 is 0 Å². The first-order chi connectivity index (χ1) is 7.34. The van der Waals surface area contributed by atoms with Gasteiger partial charge in [-0.3, -0.25) is 0 Å². The third-order valence-corrected chi connectivity index (χ3v) is 2.08. The minimum atomic E-state index is -0.192. The van der Waals surface area contributed by atoms with E-state index in [1.165, 1.54) is 0 Å². The molecule has 3 nitrogen and oxygen atoms in total. The van der Waals surface area contributed by atoms with Gasteiger partial charge in [-0.05, 0) is 12.1 Å². The lowest BCUT2D eigenvalue weighted by Crippen LogP contribution is -2.34. The number of para-hydroxylation sites is 1. The van der Waals surface area contributed by atoms with Gasteiger partial charge < -0.3 is 10.6 Å². The third kappa shape index (κ3) is 2.71. The van der Waals surface area contributed by atoms with Crippen molar-refractivity contribution >= 4 is 11.7 Å². The minimum Gasteiger partial charge on any atom is -0.328 e. The highest BCUT2D eigenvalue weighted by Crippen LogP contribution is 2.05. The summed E-state index contributed by atoms with van der Waals surface area (Å²) in [7, 11) is 0. The fourth-order valence-corrected chi connectivity index (χ4v) is 1.37. The highest BCUT2D eigenvalue weighted by molar-refractivity contribution is 5.89. The Kier molecular flexibility index (Phi) is 2.83. The molecule has 0 bridgehead atoms. The summed E-state index contributed by atoms with van der Waals surface area (Å²) in [5.74, 6) is 0. The third-order valence-electron chi connectivity index (χ3n) is 2.08. The summed E-state index contributed by atoms with van der Waals surface area (Å²) in [6.45, 7) is 0. The first-order valence-corrected chi connectivity index (χ1v) is 4.82. The van der Waals surface area contributed by atoms with Crippen molar-refractivity contribution < 1.29 is 4.79 Å². The largest absolute Gasteiger partial charge is 0.328 e. The smallest absolute Gasteiger partial charge is 0.319 e. The van der Waals surface area contributed by atoms with Crippen molar-refractivity contribution in [3.63, 3.8) is 0 Å². The van der Waals surface area contributed by atoms with Gasteiger partial charge in [0.1, 0.15) is 0 Å². The molecule has 1 aliphatic carbocycles. The van der Waals surface area contributed by atoms with Crippen molar-refractivity contribution in [3.05, 3.63) is 54.6 Å². The number of hydrogen-bond donors (Lipinski definition) is 2. The molecule has 2 N–H and O–H groups in total. The number of benzene rings is 1. The average molecular weight is 200 g/mol. The Morgan fingerprint density at radius 1 is 1.07 bits per heavy atom. The number of carbonyl (C=O) groups excluding carboxylic acids is 1. The van der Waals surface area contributed by atoms with Crippen LogP contribution in [0.4, 0.5) is 10.5 Å². The van der Waals surface area contributed by atoms with Crippen LogP contribution in [0.5, 0.6) is 0 Å². The van der Waals surface area contributed by atoms with E-state index in [0.29, 0.717) is 0 Å². The Labute approximate surface area is 88.5 Å². The van der Waals surface area contributed by atoms with Gasteiger partial charge in [0.05, 0.1) is 6.04 Å². The van der Waals surface area contributed by atoms with Gasteiger partial charge >= 0.3 is 6.03 Å². The van der Waals surface area contributed by atoms with Gasteiger partial charge in [-0.25, -0.2) is 4.79 Å². The van der Waals surface area contributed by atoms with Crippen LogP contribution < -0.4 is 10.6 Å². The minimum absolute atomic E-state index is 0.00807. The molecule has 1 aliphatic rings. The number of anilines is 1. The molecule has 0 unspecified atom stereocenters. The van der Waals surface area contributed by atoms with Gasteiger partial charge in [0.15, 0.2) is 0 Å². The second kappa shape index (κ2) is 4.46. The van der Waals surface area contributed by atoms with Gasteiger partial charge in [-0.1, -0.05) is 42.5 Å². The van der Waals surface area contributed by atoms with Crippen molar-refractivity contribution in [1.82, 2.24) is 5.32 Å². The zero-order valence-corrected chi connectivity index (χ0v) is 8.18. The van der Waals surface area contributed by atoms with Crippen molar-refractivity contribution in [2.45, 2.75) is 6.04 Å². The molecule has 2 rings (SSSR count). The maximum absolute atomic E-state index is 11.5. The predicted octanol–water partition coefficient (Wildman–Crippen LogP) is 2.30. The fourth-order valence-electron chi connectivity index (χ4n) is 1.37. The summed E-state index contributed by atoms with van der Waals surface area (Å²) in [5.41, 5.74) is 0.793. The molecule has 76 valence electrons. The SMILES string of the molecule is O=C(Nc1ccccc1)NC1C=CC=C1. The summed E-state index contributed by atoms with van der Waals surface area (Å²) in [6, 6.07) is 9.18. The van der Waals surface area contributed by atoms with Crippen LogP contribution in [-0.2, 0) is 0 Å². The number of rotatable bonds is 2. The van der Waals surface area contributed by atoms with Crippen molar-refractivity contribution in [1.29, 1.82) is 0 Å². The highest BCUT2D eigenvalue weighted by Gasteiger charge is 2.07. The molecular formula is C12H12N2O. The van der Waals surface area contributed by atoms with Gasteiger partial charge in [0.25, 0.3) is 0 Å². The van der Waals surface area contributed by atoms with E-state index in [-0.39, 0.29) is 12.1 Å². The molecule has 15 heavy (non-hydrogen) atoms. The monoisotopic (exact) mass is 200 g/mol. The van der Waals surface area contributed by atoms with E-state index in [4.69, 9.17) is 0 Å². The van der Waals surface area contributed by atoms with Crippen LogP contribution in [0.15, 0.2) is 54.6 Å². The zero-order chi connectivity index (χ0) is 10.5. The lowest BCUT2D eigenvalue weighted by atomic mass is 10.3. The molecule has 0 saturated heterocycles. The molecule has 0 aliphatic heterocycles. The number of amides is 2. The molecule has 3 heteroatoms. The lowest BCUT2D eigenvalue weighted by molar-refractivity contribution is 0.251. The van der Waals surface area contributed by atoms with Crippen LogP contribution in [0.3, 0.4) is 0 Å². The van der Waals surface area contributed by atoms with Crippen LogP contribution >= 0.6 is 0 Å². The van der Waals surface area contributed by atoms with Crippen LogP contribution in [-0.4, -0.2) is 12.1 Å². The summed E-state index contributed by atoms with van der Waals surface area (Å²) in [6.07, 6.45) is 7.66. The van der Waals surface area contributed by atoms with Crippen molar-refractivity contribution in [2.24, 2.45) is 0 Å². The molecule has 0 aromatic heterocycles. The summed E-state index contributed by atoms with van der Waals surface area (Å²) < 4.78 is 0. The standard InChI is InChI=1S/C12H12N2O/c15-12(14-11-8-4-5-9-11)13-10-6-2-1-3-7-10/h1-9,11H,(H2,13,14,15). The molecule has 0 heterocycles. The van der Waals surface area contributed by atoms with E-state index in [1.807, 2.05) is 54.6 Å². The van der Waals surface area contributed by atoms with Crippen molar-refractivity contribution in [3.8, 4) is 0 Å². The number of nitrogens with one attached hydrogen (secondary N) is 2. The first-order valence-electron chi connectivity index (χ1n) is 4.82. The number of carbonyl (C=O) groups is 1. The van der Waals surface area contributed by atoms with Crippen LogP contribution in [0.1, 0.15) is 0 Å². The molecule has 2 amide bonds. The van der Waals surface area contributed by atoms with E-state index in [2.05, 4.69) is 10.6 Å². The Morgan fingerprint density at radius 2 is 1.73 bits per heavy atom. The van der Waals surface area contributed by atoms with Gasteiger partial charge in [0, 0.05) is 5.69 Å². The summed E-state index contributed by atoms with van der Waals surface area (Å²) in [4.78, 5) is 11.5. The number of hydrogen-bond acceptors (Lipinski definition) is 1. The first kappa shape index (κ1) is 9.52. The Bertz CT molecular complexity index is 383. The maximum Gasteiger partial charge on any atom is 0.319 e. The molecule has 0 atom stereocenters. The summed E-state index contributed by atoms with van der Waals surface area (Å²) in [5, 5.41) is 5.55. The second-order valence-electron chi connectivity index (χ2n) is 3.26. The Hall–Kier alpha value is -2.03. The number of allylic oxidation sites excluding steroid dienone is 2. The van der Waals surface area contributed by atoms with Crippen LogP contribution in [0.25, 0.3) is 0 Å². The fraction of sp³-hybridized carbons (Fsp3) is 0.0833. The van der Waals surface area contributed by atoms with Gasteiger partial charge in [-0.15, -0.1) is 0 Å². The van der Waals surface area contributed by atoms with E-state index >= 15 is 0 Å². The molecular weight excluding hydrogens is 188 g/mol. The maximum atomic E-state index is 11.5. The van der Waals surface area contributed by atoms with Crippen LogP contribution in [0, 0.1) is 0 Å². The molecule has 0 saturated carbocycles. The van der Waals surface area contributed by atoms with E-state index in [9.17, 15) is 4.79 Å². The molecule has 1 aromatic carbocycles. The van der Waals surface area contributed by atoms with Crippen LogP contribution in [0.2, 0.25) is 0 Å². The lowest BCUT2D eigenvalue weighted by Gasteiger charge is -2.10. The second-order valence-corrected chi connectivity index (χ2v) is 3.26. The van der Waals surface area contributed by atoms with E-state index in [0.717, 1.165) is 5.69 Å². The molecule has 1 aromatic rings.